The summed E-state index contributed by atoms with van der Waals surface area (Å²) >= 11 is 0. The van der Waals surface area contributed by atoms with Gasteiger partial charge in [-0.25, -0.2) is 0 Å². The molecular weight excluding hydrogens is 130 g/mol. The maximum Gasteiger partial charge on any atom is 0.180 e. The topological polar surface area (TPSA) is 44.5 Å². The van der Waals surface area contributed by atoms with E-state index in [0.717, 1.165) is 0 Å². The summed E-state index contributed by atoms with van der Waals surface area (Å²) in [6.07, 6.45) is 0. The van der Waals surface area contributed by atoms with Crippen molar-refractivity contribution in [2.75, 3.05) is 19.8 Å². The average molecular weight is 146 g/mol. The molecule has 0 unspecified atom stereocenters. The Morgan fingerprint density at radius 3 is 1.90 bits per heavy atom. The molecule has 0 aromatic heterocycles. The highest BCUT2D eigenvalue weighted by atomic mass is 16.7. The molecule has 0 aromatic carbocycles. The zero-order valence-corrected chi connectivity index (χ0v) is 6.72. The Labute approximate surface area is 62.5 Å². The van der Waals surface area contributed by atoms with Gasteiger partial charge < -0.3 is 15.2 Å². The van der Waals surface area contributed by atoms with Crippen molar-refractivity contribution in [1.29, 1.82) is 0 Å². The van der Waals surface area contributed by atoms with Crippen LogP contribution in [0.15, 0.2) is 0 Å². The summed E-state index contributed by atoms with van der Waals surface area (Å²) in [5.41, 5.74) is 5.37. The Bertz CT molecular complexity index is 79.7. The van der Waals surface area contributed by atoms with Crippen LogP contribution >= 0.6 is 0 Å². The van der Waals surface area contributed by atoms with Crippen LogP contribution in [0.5, 0.6) is 0 Å². The zero-order valence-electron chi connectivity index (χ0n) is 6.72. The number of rotatable bonds is 5. The summed E-state index contributed by atoms with van der Waals surface area (Å²) in [7, 11) is 0. The van der Waals surface area contributed by atoms with Crippen LogP contribution in [-0.2, 0) is 9.47 Å². The van der Waals surface area contributed by atoms with Crippen molar-refractivity contribution in [2.24, 2.45) is 5.73 Å². The number of ether oxygens (including phenoxy) is 2. The molecule has 0 aliphatic rings. The van der Waals surface area contributed by atoms with Gasteiger partial charge in [0.25, 0.3) is 0 Å². The monoisotopic (exact) mass is 146 g/mol. The first-order chi connectivity index (χ1) is 4.68. The standard InChI is InChI=1S/C7H16NO2/c1-4-9-7(3,6-8)10-5-2/h3-6,8H2,1-2H3. The molecule has 0 spiro atoms. The van der Waals surface area contributed by atoms with E-state index in [0.29, 0.717) is 13.2 Å². The molecule has 0 rings (SSSR count). The first-order valence-electron chi connectivity index (χ1n) is 3.52. The zero-order chi connectivity index (χ0) is 8.04. The molecule has 0 saturated heterocycles. The lowest BCUT2D eigenvalue weighted by atomic mass is 10.3. The summed E-state index contributed by atoms with van der Waals surface area (Å²) in [6, 6.07) is 0. The van der Waals surface area contributed by atoms with Crippen LogP contribution in [0.2, 0.25) is 0 Å². The van der Waals surface area contributed by atoms with Gasteiger partial charge in [0.2, 0.25) is 0 Å². The smallest absolute Gasteiger partial charge is 0.180 e. The largest absolute Gasteiger partial charge is 0.349 e. The molecule has 1 radical (unpaired) electrons. The van der Waals surface area contributed by atoms with Gasteiger partial charge in [0.15, 0.2) is 5.79 Å². The van der Waals surface area contributed by atoms with Gasteiger partial charge in [0, 0.05) is 26.7 Å². The Morgan fingerprint density at radius 1 is 1.30 bits per heavy atom. The predicted octanol–water partition coefficient (Wildman–Crippen LogP) is 0.548. The van der Waals surface area contributed by atoms with Gasteiger partial charge in [-0.3, -0.25) is 0 Å². The van der Waals surface area contributed by atoms with Crippen LogP contribution in [0, 0.1) is 6.92 Å². The number of nitrogens with two attached hydrogens (primary N) is 1. The highest BCUT2D eigenvalue weighted by Crippen LogP contribution is 2.08. The minimum Gasteiger partial charge on any atom is -0.349 e. The van der Waals surface area contributed by atoms with Crippen molar-refractivity contribution >= 4 is 0 Å². The lowest BCUT2D eigenvalue weighted by Gasteiger charge is -2.26. The molecule has 2 N–H and O–H groups in total. The van der Waals surface area contributed by atoms with Crippen molar-refractivity contribution in [3.63, 3.8) is 0 Å². The molecule has 0 amide bonds. The molecule has 0 aliphatic heterocycles. The molecule has 0 fully saturated rings. The third-order valence-corrected chi connectivity index (χ3v) is 1.13. The van der Waals surface area contributed by atoms with Gasteiger partial charge in [0.1, 0.15) is 0 Å². The molecule has 0 aromatic rings. The van der Waals surface area contributed by atoms with E-state index >= 15 is 0 Å². The lowest BCUT2D eigenvalue weighted by Crippen LogP contribution is -2.40. The summed E-state index contributed by atoms with van der Waals surface area (Å²) in [4.78, 5) is 0. The van der Waals surface area contributed by atoms with Gasteiger partial charge >= 0.3 is 0 Å². The minimum absolute atomic E-state index is 0.286. The van der Waals surface area contributed by atoms with Crippen molar-refractivity contribution < 1.29 is 9.47 Å². The maximum atomic E-state index is 5.37. The Kier molecular flexibility index (Phi) is 4.60. The maximum absolute atomic E-state index is 5.37. The molecule has 10 heavy (non-hydrogen) atoms. The highest BCUT2D eigenvalue weighted by molar-refractivity contribution is 4.72. The van der Waals surface area contributed by atoms with E-state index in [1.807, 2.05) is 13.8 Å². The molecule has 3 nitrogen and oxygen atoms in total. The van der Waals surface area contributed by atoms with E-state index < -0.39 is 5.79 Å². The molecule has 0 atom stereocenters. The summed E-state index contributed by atoms with van der Waals surface area (Å²) < 4.78 is 10.3. The average Bonchev–Trinajstić information content (AvgIpc) is 1.89. The second-order valence-electron chi connectivity index (χ2n) is 1.98. The molecule has 0 bridgehead atoms. The Morgan fingerprint density at radius 2 is 1.70 bits per heavy atom. The molecule has 0 aliphatic carbocycles. The van der Waals surface area contributed by atoms with Gasteiger partial charge in [0.05, 0.1) is 0 Å². The molecule has 0 heterocycles. The fourth-order valence-electron chi connectivity index (χ4n) is 0.686. The van der Waals surface area contributed by atoms with Crippen molar-refractivity contribution in [3.05, 3.63) is 6.92 Å². The third kappa shape index (κ3) is 3.15. The van der Waals surface area contributed by atoms with Crippen LogP contribution in [-0.4, -0.2) is 25.5 Å². The second kappa shape index (κ2) is 4.66. The van der Waals surface area contributed by atoms with E-state index in [2.05, 4.69) is 6.92 Å². The SMILES string of the molecule is [CH2]C(CN)(OCC)OCC. The van der Waals surface area contributed by atoms with E-state index in [4.69, 9.17) is 15.2 Å². The summed E-state index contributed by atoms with van der Waals surface area (Å²) in [5, 5.41) is 0. The summed E-state index contributed by atoms with van der Waals surface area (Å²) in [5.74, 6) is -0.830. The van der Waals surface area contributed by atoms with Gasteiger partial charge in [-0.05, 0) is 13.8 Å². The highest BCUT2D eigenvalue weighted by Gasteiger charge is 2.21. The van der Waals surface area contributed by atoms with Crippen LogP contribution < -0.4 is 5.73 Å². The van der Waals surface area contributed by atoms with Crippen molar-refractivity contribution in [3.8, 4) is 0 Å². The van der Waals surface area contributed by atoms with Crippen LogP contribution in [0.25, 0.3) is 0 Å². The van der Waals surface area contributed by atoms with E-state index in [-0.39, 0.29) is 6.54 Å². The third-order valence-electron chi connectivity index (χ3n) is 1.13. The Balaban J connectivity index is 3.69. The van der Waals surface area contributed by atoms with E-state index in [1.165, 1.54) is 0 Å². The van der Waals surface area contributed by atoms with Crippen molar-refractivity contribution in [2.45, 2.75) is 19.6 Å². The fourth-order valence-corrected chi connectivity index (χ4v) is 0.686. The lowest BCUT2D eigenvalue weighted by molar-refractivity contribution is -0.194. The predicted molar refractivity (Wildman–Crippen MR) is 40.4 cm³/mol. The van der Waals surface area contributed by atoms with Gasteiger partial charge in [-0.15, -0.1) is 0 Å². The minimum atomic E-state index is -0.830. The van der Waals surface area contributed by atoms with Crippen LogP contribution in [0.1, 0.15) is 13.8 Å². The van der Waals surface area contributed by atoms with E-state index in [1.54, 1.807) is 0 Å². The molecule has 61 valence electrons. The first-order valence-corrected chi connectivity index (χ1v) is 3.52. The van der Waals surface area contributed by atoms with E-state index in [9.17, 15) is 0 Å². The van der Waals surface area contributed by atoms with Crippen LogP contribution in [0.4, 0.5) is 0 Å². The molecule has 3 heteroatoms. The number of hydrogen-bond donors (Lipinski definition) is 1. The second-order valence-corrected chi connectivity index (χ2v) is 1.98. The number of hydrogen-bond acceptors (Lipinski definition) is 3. The fraction of sp³-hybridized carbons (Fsp3) is 0.857. The van der Waals surface area contributed by atoms with Gasteiger partial charge in [-0.2, -0.15) is 0 Å². The quantitative estimate of drug-likeness (QED) is 0.576. The summed E-state index contributed by atoms with van der Waals surface area (Å²) in [6.45, 7) is 8.89. The molecule has 0 saturated carbocycles. The van der Waals surface area contributed by atoms with Crippen molar-refractivity contribution in [1.82, 2.24) is 0 Å². The van der Waals surface area contributed by atoms with Crippen LogP contribution in [0.3, 0.4) is 0 Å². The first kappa shape index (κ1) is 9.88. The molecular formula is C7H16NO2. The Hall–Kier alpha value is -0.120. The normalized spacial score (nSPS) is 12.0. The van der Waals surface area contributed by atoms with Gasteiger partial charge in [-0.1, -0.05) is 0 Å².